The Morgan fingerprint density at radius 3 is 3.12 bits per heavy atom. The van der Waals surface area contributed by atoms with Crippen molar-refractivity contribution in [3.63, 3.8) is 0 Å². The lowest BCUT2D eigenvalue weighted by molar-refractivity contribution is 0.988. The molecule has 3 aromatic rings. The number of nitriles is 1. The van der Waals surface area contributed by atoms with Gasteiger partial charge in [0.25, 0.3) is 0 Å². The van der Waals surface area contributed by atoms with Crippen molar-refractivity contribution >= 4 is 21.7 Å². The molecule has 3 rings (SSSR count). The van der Waals surface area contributed by atoms with Crippen molar-refractivity contribution in [2.45, 2.75) is 6.92 Å². The number of aryl methyl sites for hydroxylation is 1. The highest BCUT2D eigenvalue weighted by Crippen LogP contribution is 2.25. The summed E-state index contributed by atoms with van der Waals surface area (Å²) in [5.74, 6) is 0.711. The summed E-state index contributed by atoms with van der Waals surface area (Å²) in [6.45, 7) is 1.92. The van der Waals surface area contributed by atoms with Crippen molar-refractivity contribution in [3.05, 3.63) is 36.0 Å². The smallest absolute Gasteiger partial charge is 0.151 e. The van der Waals surface area contributed by atoms with Gasteiger partial charge in [-0.3, -0.25) is 4.57 Å². The third-order valence-electron chi connectivity index (χ3n) is 2.51. The van der Waals surface area contributed by atoms with E-state index in [1.165, 1.54) is 17.9 Å². The molecule has 0 aromatic carbocycles. The molecule has 3 heterocycles. The van der Waals surface area contributed by atoms with Gasteiger partial charge in [-0.15, -0.1) is 0 Å². The van der Waals surface area contributed by atoms with Crippen molar-refractivity contribution in [1.82, 2.24) is 18.9 Å². The Balaban J connectivity index is 2.38. The van der Waals surface area contributed by atoms with Gasteiger partial charge in [-0.05, 0) is 30.6 Å². The maximum absolute atomic E-state index is 9.03. The molecule has 0 fully saturated rings. The van der Waals surface area contributed by atoms with E-state index in [1.54, 1.807) is 10.6 Å². The van der Waals surface area contributed by atoms with Crippen molar-refractivity contribution in [1.29, 1.82) is 5.26 Å². The van der Waals surface area contributed by atoms with Gasteiger partial charge < -0.3 is 0 Å². The van der Waals surface area contributed by atoms with E-state index in [0.29, 0.717) is 11.5 Å². The Hall–Kier alpha value is -2.26. The number of hydrogen-bond acceptors (Lipinski definition) is 5. The molecule has 0 N–H and O–H groups in total. The van der Waals surface area contributed by atoms with Crippen molar-refractivity contribution < 1.29 is 0 Å². The van der Waals surface area contributed by atoms with Crippen LogP contribution in [0.3, 0.4) is 0 Å². The van der Waals surface area contributed by atoms with E-state index in [0.717, 1.165) is 15.9 Å². The second kappa shape index (κ2) is 3.64. The predicted molar refractivity (Wildman–Crippen MR) is 64.0 cm³/mol. The third-order valence-corrected chi connectivity index (χ3v) is 3.36. The molecule has 0 aliphatic heterocycles. The van der Waals surface area contributed by atoms with Crippen LogP contribution in [0.15, 0.2) is 24.7 Å². The third kappa shape index (κ3) is 1.40. The van der Waals surface area contributed by atoms with Gasteiger partial charge in [0.15, 0.2) is 5.82 Å². The Morgan fingerprint density at radius 2 is 2.29 bits per heavy atom. The second-order valence-corrected chi connectivity index (χ2v) is 4.27. The lowest BCUT2D eigenvalue weighted by Gasteiger charge is -2.04. The van der Waals surface area contributed by atoms with E-state index in [2.05, 4.69) is 20.4 Å². The first-order valence-electron chi connectivity index (χ1n) is 4.96. The van der Waals surface area contributed by atoms with Crippen LogP contribution < -0.4 is 0 Å². The van der Waals surface area contributed by atoms with Crippen LogP contribution in [0.5, 0.6) is 0 Å². The van der Waals surface area contributed by atoms with Crippen LogP contribution in [0, 0.1) is 18.3 Å². The minimum absolute atomic E-state index is 0.551. The van der Waals surface area contributed by atoms with Gasteiger partial charge in [-0.2, -0.15) is 9.64 Å². The molecule has 3 aromatic heterocycles. The summed E-state index contributed by atoms with van der Waals surface area (Å²) in [7, 11) is 0. The predicted octanol–water partition coefficient (Wildman–Crippen LogP) is 2.06. The van der Waals surface area contributed by atoms with E-state index in [9.17, 15) is 0 Å². The molecule has 0 aliphatic carbocycles. The molecule has 0 unspecified atom stereocenters. The van der Waals surface area contributed by atoms with E-state index in [1.807, 2.05) is 19.2 Å². The molecule has 0 aliphatic rings. The van der Waals surface area contributed by atoms with Gasteiger partial charge in [0.05, 0.1) is 11.1 Å². The Morgan fingerprint density at radius 1 is 1.41 bits per heavy atom. The Bertz CT molecular complexity index is 734. The van der Waals surface area contributed by atoms with E-state index >= 15 is 0 Å². The molecule has 0 radical (unpaired) electrons. The quantitative estimate of drug-likeness (QED) is 0.654. The average molecular weight is 241 g/mol. The molecular formula is C11H7N5S. The van der Waals surface area contributed by atoms with Crippen molar-refractivity contribution in [2.75, 3.05) is 0 Å². The molecule has 0 saturated heterocycles. The summed E-state index contributed by atoms with van der Waals surface area (Å²) >= 11 is 1.34. The van der Waals surface area contributed by atoms with Gasteiger partial charge in [0.2, 0.25) is 0 Å². The molecule has 82 valence electrons. The summed E-state index contributed by atoms with van der Waals surface area (Å²) in [5.41, 5.74) is 1.44. The normalized spacial score (nSPS) is 10.6. The number of fused-ring (bicyclic) bond motifs is 1. The zero-order valence-corrected chi connectivity index (χ0v) is 9.77. The molecule has 6 heteroatoms. The van der Waals surface area contributed by atoms with Crippen molar-refractivity contribution in [2.24, 2.45) is 0 Å². The minimum atomic E-state index is 0.551. The van der Waals surface area contributed by atoms with Gasteiger partial charge >= 0.3 is 0 Å². The van der Waals surface area contributed by atoms with Crippen LogP contribution in [0.4, 0.5) is 0 Å². The first kappa shape index (κ1) is 9.93. The zero-order valence-electron chi connectivity index (χ0n) is 8.95. The highest BCUT2D eigenvalue weighted by molar-refractivity contribution is 7.13. The van der Waals surface area contributed by atoms with Crippen LogP contribution >= 0.6 is 11.5 Å². The summed E-state index contributed by atoms with van der Waals surface area (Å²) in [5, 5.41) is 9.94. The van der Waals surface area contributed by atoms with Gasteiger partial charge in [-0.25, -0.2) is 9.97 Å². The van der Waals surface area contributed by atoms with E-state index in [-0.39, 0.29) is 0 Å². The van der Waals surface area contributed by atoms with Gasteiger partial charge in [-0.1, -0.05) is 0 Å². The van der Waals surface area contributed by atoms with E-state index in [4.69, 9.17) is 5.26 Å². The number of hydrogen-bond donors (Lipinski definition) is 0. The van der Waals surface area contributed by atoms with Crippen LogP contribution in [0.25, 0.3) is 16.0 Å². The molecule has 0 bridgehead atoms. The summed E-state index contributed by atoms with van der Waals surface area (Å²) in [6.07, 6.45) is 3.31. The fourth-order valence-electron chi connectivity index (χ4n) is 1.74. The first-order chi connectivity index (χ1) is 8.31. The number of rotatable bonds is 1. The Kier molecular flexibility index (Phi) is 2.13. The average Bonchev–Trinajstić information content (AvgIpc) is 2.96. The summed E-state index contributed by atoms with van der Waals surface area (Å²) in [6, 6.07) is 5.71. The molecule has 0 spiro atoms. The topological polar surface area (TPSA) is 67.4 Å². The molecule has 0 saturated carbocycles. The molecule has 0 amide bonds. The largest absolute Gasteiger partial charge is 0.292 e. The lowest BCUT2D eigenvalue weighted by Crippen LogP contribution is -2.00. The molecular weight excluding hydrogens is 234 g/mol. The highest BCUT2D eigenvalue weighted by atomic mass is 32.1. The zero-order chi connectivity index (χ0) is 11.8. The second-order valence-electron chi connectivity index (χ2n) is 3.52. The summed E-state index contributed by atoms with van der Waals surface area (Å²) < 4.78 is 6.02. The maximum Gasteiger partial charge on any atom is 0.151 e. The minimum Gasteiger partial charge on any atom is -0.292 e. The monoisotopic (exact) mass is 241 g/mol. The van der Waals surface area contributed by atoms with Gasteiger partial charge in [0, 0.05) is 6.20 Å². The molecule has 17 heavy (non-hydrogen) atoms. The van der Waals surface area contributed by atoms with Crippen LogP contribution in [-0.2, 0) is 0 Å². The van der Waals surface area contributed by atoms with Crippen LogP contribution in [0.1, 0.15) is 11.4 Å². The first-order valence-corrected chi connectivity index (χ1v) is 5.73. The standard InChI is InChI=1S/C11H7N5S/c1-7-9-10(13-6-14-11(9)17-15-7)16-4-2-3-8(16)5-12/h2-4,6H,1H3. The maximum atomic E-state index is 9.03. The molecule has 5 nitrogen and oxygen atoms in total. The lowest BCUT2D eigenvalue weighted by atomic mass is 10.3. The molecule has 0 atom stereocenters. The SMILES string of the molecule is Cc1nsc2ncnc(-n3cccc3C#N)c12. The fraction of sp³-hybridized carbons (Fsp3) is 0.0909. The van der Waals surface area contributed by atoms with Crippen LogP contribution in [0.2, 0.25) is 0 Å². The van der Waals surface area contributed by atoms with Gasteiger partial charge in [0.1, 0.15) is 22.9 Å². The Labute approximate surface area is 101 Å². The van der Waals surface area contributed by atoms with Crippen LogP contribution in [-0.4, -0.2) is 18.9 Å². The highest BCUT2D eigenvalue weighted by Gasteiger charge is 2.13. The number of aromatic nitrogens is 4. The van der Waals surface area contributed by atoms with E-state index < -0.39 is 0 Å². The fourth-order valence-corrected chi connectivity index (χ4v) is 2.48. The van der Waals surface area contributed by atoms with Crippen molar-refractivity contribution in [3.8, 4) is 11.9 Å². The summed E-state index contributed by atoms with van der Waals surface area (Å²) in [4.78, 5) is 9.27. The number of nitrogens with zero attached hydrogens (tertiary/aromatic N) is 5.